The summed E-state index contributed by atoms with van der Waals surface area (Å²) in [4.78, 5) is 10.7. The van der Waals surface area contributed by atoms with Gasteiger partial charge in [0.05, 0.1) is 7.11 Å². The van der Waals surface area contributed by atoms with E-state index in [1.165, 1.54) is 5.56 Å². The van der Waals surface area contributed by atoms with Crippen LogP contribution in [0.2, 0.25) is 5.02 Å². The maximum Gasteiger partial charge on any atom is 0.149 e. The molecule has 0 aliphatic rings. The topological polar surface area (TPSA) is 50.7 Å². The highest BCUT2D eigenvalue weighted by Gasteiger charge is 2.07. The summed E-state index contributed by atoms with van der Waals surface area (Å²) in [5.74, 6) is 0.525. The van der Waals surface area contributed by atoms with Gasteiger partial charge in [0.25, 0.3) is 0 Å². The molecule has 0 aromatic heterocycles. The third-order valence-electron chi connectivity index (χ3n) is 3.75. The van der Waals surface area contributed by atoms with Gasteiger partial charge >= 0.3 is 0 Å². The van der Waals surface area contributed by atoms with Gasteiger partial charge in [0.15, 0.2) is 0 Å². The number of nitrogens with zero attached hydrogens (tertiary/aromatic N) is 1. The fourth-order valence-corrected chi connectivity index (χ4v) is 2.59. The molecule has 0 saturated carbocycles. The summed E-state index contributed by atoms with van der Waals surface area (Å²) in [6, 6.07) is 13.7. The molecule has 122 valence electrons. The molecule has 1 atom stereocenters. The lowest BCUT2D eigenvalue weighted by molar-refractivity contribution is 0.415. The highest BCUT2D eigenvalue weighted by atomic mass is 35.5. The van der Waals surface area contributed by atoms with Crippen LogP contribution >= 0.6 is 11.6 Å². The van der Waals surface area contributed by atoms with Crippen LogP contribution in [-0.2, 0) is 13.0 Å². The second-order valence-electron chi connectivity index (χ2n) is 5.55. The number of methoxy groups -OCH3 is 1. The first-order chi connectivity index (χ1) is 11.1. The Morgan fingerprint density at radius 3 is 2.74 bits per heavy atom. The fraction of sp³-hybridized carbons (Fsp3) is 0.333. The van der Waals surface area contributed by atoms with Crippen molar-refractivity contribution in [2.24, 2.45) is 5.18 Å². The molecule has 0 saturated heterocycles. The van der Waals surface area contributed by atoms with E-state index in [1.807, 2.05) is 30.3 Å². The van der Waals surface area contributed by atoms with Crippen LogP contribution in [0.3, 0.4) is 0 Å². The minimum atomic E-state index is 0.336. The number of halogens is 1. The van der Waals surface area contributed by atoms with E-state index in [2.05, 4.69) is 23.5 Å². The van der Waals surface area contributed by atoms with Crippen molar-refractivity contribution >= 4 is 17.3 Å². The summed E-state index contributed by atoms with van der Waals surface area (Å²) >= 11 is 5.99. The fourth-order valence-electron chi connectivity index (χ4n) is 2.38. The summed E-state index contributed by atoms with van der Waals surface area (Å²) in [6.07, 6.45) is 1.89. The first kappa shape index (κ1) is 17.4. The molecule has 2 rings (SSSR count). The van der Waals surface area contributed by atoms with Crippen LogP contribution in [0.1, 0.15) is 24.5 Å². The van der Waals surface area contributed by atoms with Gasteiger partial charge in [-0.2, -0.15) is 0 Å². The van der Waals surface area contributed by atoms with Gasteiger partial charge in [-0.15, -0.1) is 4.91 Å². The highest BCUT2D eigenvalue weighted by Crippen LogP contribution is 2.28. The first-order valence-electron chi connectivity index (χ1n) is 7.60. The van der Waals surface area contributed by atoms with Crippen LogP contribution in [0.25, 0.3) is 0 Å². The molecule has 0 amide bonds. The van der Waals surface area contributed by atoms with Crippen molar-refractivity contribution in [3.8, 4) is 5.75 Å². The van der Waals surface area contributed by atoms with Crippen LogP contribution in [0.4, 0.5) is 5.69 Å². The third kappa shape index (κ3) is 5.34. The Bertz CT molecular complexity index is 661. The van der Waals surface area contributed by atoms with E-state index < -0.39 is 0 Å². The molecule has 23 heavy (non-hydrogen) atoms. The number of rotatable bonds is 8. The predicted octanol–water partition coefficient (Wildman–Crippen LogP) is 4.86. The summed E-state index contributed by atoms with van der Waals surface area (Å²) < 4.78 is 5.18. The van der Waals surface area contributed by atoms with Crippen molar-refractivity contribution in [3.63, 3.8) is 0 Å². The Morgan fingerprint density at radius 1 is 1.22 bits per heavy atom. The van der Waals surface area contributed by atoms with E-state index in [-0.39, 0.29) is 0 Å². The van der Waals surface area contributed by atoms with Gasteiger partial charge in [-0.05, 0) is 60.3 Å². The van der Waals surface area contributed by atoms with Gasteiger partial charge < -0.3 is 10.1 Å². The van der Waals surface area contributed by atoms with Crippen molar-refractivity contribution in [2.75, 3.05) is 7.11 Å². The zero-order chi connectivity index (χ0) is 16.7. The van der Waals surface area contributed by atoms with Crippen molar-refractivity contribution in [1.29, 1.82) is 0 Å². The van der Waals surface area contributed by atoms with Crippen LogP contribution in [-0.4, -0.2) is 13.2 Å². The Kier molecular flexibility index (Phi) is 6.56. The second kappa shape index (κ2) is 8.65. The number of hydrogen-bond acceptors (Lipinski definition) is 4. The number of aryl methyl sites for hydroxylation is 1. The molecule has 2 aromatic carbocycles. The molecule has 0 spiro atoms. The highest BCUT2D eigenvalue weighted by molar-refractivity contribution is 6.30. The molecule has 4 nitrogen and oxygen atoms in total. The molecular weight excluding hydrogens is 312 g/mol. The van der Waals surface area contributed by atoms with Crippen LogP contribution < -0.4 is 10.1 Å². The van der Waals surface area contributed by atoms with Gasteiger partial charge in [0.2, 0.25) is 0 Å². The molecule has 0 fully saturated rings. The first-order valence-corrected chi connectivity index (χ1v) is 7.98. The lowest BCUT2D eigenvalue weighted by Crippen LogP contribution is -2.25. The monoisotopic (exact) mass is 332 g/mol. The Labute approximate surface area is 141 Å². The van der Waals surface area contributed by atoms with E-state index in [0.717, 1.165) is 30.0 Å². The molecule has 0 aliphatic carbocycles. The van der Waals surface area contributed by atoms with E-state index in [0.29, 0.717) is 17.5 Å². The number of nitroso groups, excluding NO2 is 1. The van der Waals surface area contributed by atoms with E-state index in [4.69, 9.17) is 16.3 Å². The lowest BCUT2D eigenvalue weighted by Gasteiger charge is -2.14. The molecule has 0 bridgehead atoms. The molecule has 5 heteroatoms. The Hall–Kier alpha value is -1.91. The molecule has 0 heterocycles. The average Bonchev–Trinajstić information content (AvgIpc) is 2.57. The Morgan fingerprint density at radius 2 is 2.04 bits per heavy atom. The predicted molar refractivity (Wildman–Crippen MR) is 94.5 cm³/mol. The standard InChI is InChI=1S/C18H21ClN2O2/c1-13(20-12-15-4-3-5-16(19)10-15)6-7-14-8-9-17(21-22)18(11-14)23-2/h3-5,8-11,13,20H,6-7,12H2,1-2H3. The average molecular weight is 333 g/mol. The lowest BCUT2D eigenvalue weighted by atomic mass is 10.0. The summed E-state index contributed by atoms with van der Waals surface area (Å²) in [7, 11) is 1.54. The van der Waals surface area contributed by atoms with Crippen molar-refractivity contribution < 1.29 is 4.74 Å². The molecule has 2 aromatic rings. The number of hydrogen-bond donors (Lipinski definition) is 1. The zero-order valence-electron chi connectivity index (χ0n) is 13.4. The van der Waals surface area contributed by atoms with Crippen molar-refractivity contribution in [3.05, 3.63) is 63.5 Å². The van der Waals surface area contributed by atoms with Crippen molar-refractivity contribution in [1.82, 2.24) is 5.32 Å². The molecule has 0 aliphatic heterocycles. The quantitative estimate of drug-likeness (QED) is 0.702. The molecular formula is C18H21ClN2O2. The number of ether oxygens (including phenoxy) is 1. The molecule has 0 radical (unpaired) electrons. The second-order valence-corrected chi connectivity index (χ2v) is 5.98. The third-order valence-corrected chi connectivity index (χ3v) is 3.99. The van der Waals surface area contributed by atoms with E-state index in [9.17, 15) is 4.91 Å². The van der Waals surface area contributed by atoms with Gasteiger partial charge in [-0.1, -0.05) is 29.8 Å². The van der Waals surface area contributed by atoms with Crippen LogP contribution in [0, 0.1) is 4.91 Å². The van der Waals surface area contributed by atoms with Crippen LogP contribution in [0.15, 0.2) is 47.6 Å². The maximum absolute atomic E-state index is 10.7. The Balaban J connectivity index is 1.84. The largest absolute Gasteiger partial charge is 0.494 e. The minimum absolute atomic E-state index is 0.336. The zero-order valence-corrected chi connectivity index (χ0v) is 14.1. The smallest absolute Gasteiger partial charge is 0.149 e. The SMILES string of the molecule is COc1cc(CCC(C)NCc2cccc(Cl)c2)ccc1N=O. The number of nitrogens with one attached hydrogen (secondary N) is 1. The van der Waals surface area contributed by atoms with Gasteiger partial charge in [-0.25, -0.2) is 0 Å². The summed E-state index contributed by atoms with van der Waals surface area (Å²) in [6.45, 7) is 2.95. The summed E-state index contributed by atoms with van der Waals surface area (Å²) in [5.41, 5.74) is 2.64. The van der Waals surface area contributed by atoms with E-state index >= 15 is 0 Å². The minimum Gasteiger partial charge on any atom is -0.494 e. The van der Waals surface area contributed by atoms with Crippen molar-refractivity contribution in [2.45, 2.75) is 32.4 Å². The maximum atomic E-state index is 10.7. The van der Waals surface area contributed by atoms with Gasteiger partial charge in [0.1, 0.15) is 11.4 Å². The van der Waals surface area contributed by atoms with Gasteiger partial charge in [0, 0.05) is 17.6 Å². The van der Waals surface area contributed by atoms with Crippen LogP contribution in [0.5, 0.6) is 5.75 Å². The normalized spacial score (nSPS) is 12.0. The summed E-state index contributed by atoms with van der Waals surface area (Å²) in [5, 5.41) is 7.20. The van der Waals surface area contributed by atoms with Gasteiger partial charge in [-0.3, -0.25) is 0 Å². The molecule has 1 N–H and O–H groups in total. The van der Waals surface area contributed by atoms with E-state index in [1.54, 1.807) is 13.2 Å². The molecule has 1 unspecified atom stereocenters. The number of benzene rings is 2.